The summed E-state index contributed by atoms with van der Waals surface area (Å²) in [6.07, 6.45) is 7.35. The molecule has 4 fully saturated rings. The van der Waals surface area contributed by atoms with Crippen molar-refractivity contribution in [3.8, 4) is 0 Å². The summed E-state index contributed by atoms with van der Waals surface area (Å²) in [5, 5.41) is 16.0. The van der Waals surface area contributed by atoms with Crippen molar-refractivity contribution in [2.45, 2.75) is 122 Å². The number of halogens is 1. The number of nitrogens with zero attached hydrogens (tertiary/aromatic N) is 1. The summed E-state index contributed by atoms with van der Waals surface area (Å²) >= 11 is 0. The molecule has 0 bridgehead atoms. The van der Waals surface area contributed by atoms with Crippen molar-refractivity contribution < 1.29 is 4.39 Å². The first kappa shape index (κ1) is 26.5. The largest absolute Gasteiger partial charge is 0.303 e. The molecule has 5 rings (SSSR count). The monoisotopic (exact) mass is 500 g/mol. The third kappa shape index (κ3) is 4.87. The van der Waals surface area contributed by atoms with Gasteiger partial charge in [0.1, 0.15) is 12.1 Å². The van der Waals surface area contributed by atoms with Gasteiger partial charge in [0.25, 0.3) is 0 Å². The molecule has 1 aliphatic carbocycles. The van der Waals surface area contributed by atoms with Gasteiger partial charge in [-0.15, -0.1) is 0 Å². The van der Waals surface area contributed by atoms with Crippen LogP contribution in [0.15, 0.2) is 24.3 Å². The van der Waals surface area contributed by atoms with Crippen LogP contribution in [0.5, 0.6) is 0 Å². The van der Waals surface area contributed by atoms with Crippen molar-refractivity contribution in [3.05, 3.63) is 35.6 Å². The summed E-state index contributed by atoms with van der Waals surface area (Å²) in [6.45, 7) is 14.7. The molecule has 0 amide bonds. The van der Waals surface area contributed by atoms with Crippen LogP contribution < -0.4 is 27.0 Å². The van der Waals surface area contributed by atoms with Gasteiger partial charge in [0.15, 0.2) is 0 Å². The minimum atomic E-state index is -0.184. The maximum absolute atomic E-state index is 13.8. The van der Waals surface area contributed by atoms with Crippen LogP contribution >= 0.6 is 0 Å². The quantitative estimate of drug-likeness (QED) is 0.430. The van der Waals surface area contributed by atoms with Crippen LogP contribution in [0.1, 0.15) is 91.7 Å². The lowest BCUT2D eigenvalue weighted by Gasteiger charge is -2.54. The van der Waals surface area contributed by atoms with Crippen molar-refractivity contribution in [1.82, 2.24) is 26.2 Å². The first-order valence-corrected chi connectivity index (χ1v) is 14.2. The molecule has 0 radical (unpaired) electrons. The molecule has 3 aliphatic heterocycles. The maximum atomic E-state index is 13.8. The van der Waals surface area contributed by atoms with Crippen molar-refractivity contribution in [2.75, 3.05) is 6.54 Å². The van der Waals surface area contributed by atoms with Gasteiger partial charge in [0.05, 0.1) is 17.9 Å². The molecule has 7 unspecified atom stereocenters. The molecule has 1 saturated carbocycles. The molecule has 7 atom stereocenters. The molecule has 6 N–H and O–H groups in total. The fourth-order valence-corrected chi connectivity index (χ4v) is 7.51. The second-order valence-electron chi connectivity index (χ2n) is 14.2. The van der Waals surface area contributed by atoms with E-state index < -0.39 is 0 Å². The van der Waals surface area contributed by atoms with Crippen molar-refractivity contribution >= 4 is 0 Å². The number of nitrogens with one attached hydrogen (secondary N) is 4. The van der Waals surface area contributed by atoms with E-state index in [-0.39, 0.29) is 52.9 Å². The highest BCUT2D eigenvalue weighted by Gasteiger charge is 2.60. The molecule has 0 aromatic heterocycles. The first-order valence-electron chi connectivity index (χ1n) is 14.2. The molecule has 4 aliphatic rings. The lowest BCUT2D eigenvalue weighted by atomic mass is 9.75. The van der Waals surface area contributed by atoms with E-state index in [4.69, 9.17) is 5.73 Å². The number of hydrogen-bond donors (Lipinski definition) is 5. The number of benzene rings is 1. The first-order chi connectivity index (χ1) is 16.9. The van der Waals surface area contributed by atoms with Gasteiger partial charge < -0.3 is 5.73 Å². The molecular formula is C29H49FN6. The van der Waals surface area contributed by atoms with Crippen LogP contribution in [0.3, 0.4) is 0 Å². The fourth-order valence-electron chi connectivity index (χ4n) is 7.51. The Morgan fingerprint density at radius 3 is 2.22 bits per heavy atom. The Balaban J connectivity index is 1.50. The summed E-state index contributed by atoms with van der Waals surface area (Å²) in [5.74, 6) is 0.405. The number of nitrogens with two attached hydrogens (primary N) is 1. The Kier molecular flexibility index (Phi) is 7.06. The van der Waals surface area contributed by atoms with Crippen molar-refractivity contribution in [3.63, 3.8) is 0 Å². The molecule has 3 saturated heterocycles. The highest BCUT2D eigenvalue weighted by molar-refractivity contribution is 5.26. The lowest BCUT2D eigenvalue weighted by molar-refractivity contribution is -0.0417. The molecule has 1 aromatic rings. The third-order valence-corrected chi connectivity index (χ3v) is 9.11. The van der Waals surface area contributed by atoms with Gasteiger partial charge in [-0.3, -0.25) is 26.2 Å². The Labute approximate surface area is 217 Å². The zero-order valence-corrected chi connectivity index (χ0v) is 23.2. The Morgan fingerprint density at radius 1 is 0.944 bits per heavy atom. The minimum Gasteiger partial charge on any atom is -0.303 e. The third-order valence-electron chi connectivity index (χ3n) is 9.11. The normalized spacial score (nSPS) is 38.6. The van der Waals surface area contributed by atoms with Crippen molar-refractivity contribution in [1.29, 1.82) is 0 Å². The van der Waals surface area contributed by atoms with Gasteiger partial charge in [0, 0.05) is 24.7 Å². The van der Waals surface area contributed by atoms with E-state index in [0.717, 1.165) is 24.9 Å². The average molecular weight is 501 g/mol. The van der Waals surface area contributed by atoms with Gasteiger partial charge in [-0.05, 0) is 60.1 Å². The summed E-state index contributed by atoms with van der Waals surface area (Å²) < 4.78 is 13.8. The predicted octanol–water partition coefficient (Wildman–Crippen LogP) is 4.00. The zero-order chi connectivity index (χ0) is 25.9. The molecule has 202 valence electrons. The van der Waals surface area contributed by atoms with Gasteiger partial charge in [-0.25, -0.2) is 4.39 Å². The van der Waals surface area contributed by atoms with E-state index >= 15 is 0 Å². The van der Waals surface area contributed by atoms with Crippen molar-refractivity contribution in [2.24, 2.45) is 22.5 Å². The van der Waals surface area contributed by atoms with Crippen LogP contribution in [0.25, 0.3) is 0 Å². The molecule has 3 heterocycles. The smallest absolute Gasteiger partial charge is 0.123 e. The molecule has 1 aromatic carbocycles. The molecule has 7 heteroatoms. The fraction of sp³-hybridized carbons (Fsp3) is 0.793. The Morgan fingerprint density at radius 2 is 1.61 bits per heavy atom. The van der Waals surface area contributed by atoms with Crippen LogP contribution in [-0.4, -0.2) is 47.7 Å². The minimum absolute atomic E-state index is 0.0584. The highest BCUT2D eigenvalue weighted by atomic mass is 19.1. The second-order valence-corrected chi connectivity index (χ2v) is 14.2. The number of fused-ring (bicyclic) bond motifs is 1. The van der Waals surface area contributed by atoms with E-state index in [1.54, 1.807) is 12.1 Å². The van der Waals surface area contributed by atoms with Gasteiger partial charge in [-0.2, -0.15) is 0 Å². The Bertz CT molecular complexity index is 898. The molecular weight excluding hydrogens is 451 g/mol. The zero-order valence-electron chi connectivity index (χ0n) is 23.2. The summed E-state index contributed by atoms with van der Waals surface area (Å²) in [5.41, 5.74) is 8.04. The Hall–Kier alpha value is -1.09. The topological polar surface area (TPSA) is 77.4 Å². The molecule has 36 heavy (non-hydrogen) atoms. The van der Waals surface area contributed by atoms with Crippen LogP contribution in [0, 0.1) is 22.6 Å². The van der Waals surface area contributed by atoms with E-state index in [1.807, 2.05) is 12.1 Å². The SMILES string of the molecule is CC(C)(C)CN1C(N)NC2CCC(C3NC(C(C)(C)C)NC3c3ccc(F)cc3)NC21C1CCCC1. The highest BCUT2D eigenvalue weighted by Crippen LogP contribution is 2.47. The summed E-state index contributed by atoms with van der Waals surface area (Å²) in [4.78, 5) is 2.58. The molecule has 6 nitrogen and oxygen atoms in total. The van der Waals surface area contributed by atoms with E-state index in [2.05, 4.69) is 67.7 Å². The van der Waals surface area contributed by atoms with E-state index in [1.165, 1.54) is 25.7 Å². The number of piperidine rings is 1. The van der Waals surface area contributed by atoms with Gasteiger partial charge in [0.2, 0.25) is 0 Å². The number of hydrogen-bond acceptors (Lipinski definition) is 6. The number of rotatable bonds is 4. The predicted molar refractivity (Wildman–Crippen MR) is 144 cm³/mol. The van der Waals surface area contributed by atoms with Crippen LogP contribution in [0.2, 0.25) is 0 Å². The standard InChI is InChI=1S/C29H49FN6/c1-27(2,3)17-36-26(31)32-22-16-15-21(35-29(22,36)19-9-7-8-10-19)24-23(18-11-13-20(30)14-12-18)33-25(34-24)28(4,5)6/h11-14,19,21-26,32-35H,7-10,15-17,31H2,1-6H3. The lowest BCUT2D eigenvalue weighted by Crippen LogP contribution is -2.74. The van der Waals surface area contributed by atoms with Crippen LogP contribution in [0.4, 0.5) is 4.39 Å². The van der Waals surface area contributed by atoms with Gasteiger partial charge >= 0.3 is 0 Å². The van der Waals surface area contributed by atoms with Gasteiger partial charge in [-0.1, -0.05) is 66.5 Å². The summed E-state index contributed by atoms with van der Waals surface area (Å²) in [6, 6.07) is 8.03. The molecule has 0 spiro atoms. The van der Waals surface area contributed by atoms with E-state index in [0.29, 0.717) is 12.0 Å². The van der Waals surface area contributed by atoms with Crippen LogP contribution in [-0.2, 0) is 0 Å². The summed E-state index contributed by atoms with van der Waals surface area (Å²) in [7, 11) is 0. The van der Waals surface area contributed by atoms with E-state index in [9.17, 15) is 4.39 Å². The second kappa shape index (κ2) is 9.58. The average Bonchev–Trinajstić information content (AvgIpc) is 3.52. The maximum Gasteiger partial charge on any atom is 0.123 e.